The van der Waals surface area contributed by atoms with E-state index in [0.717, 1.165) is 6.42 Å². The van der Waals surface area contributed by atoms with E-state index in [-0.39, 0.29) is 17.9 Å². The molecule has 2 aromatic rings. The first-order chi connectivity index (χ1) is 11.0. The van der Waals surface area contributed by atoms with Crippen LogP contribution in [0.1, 0.15) is 48.4 Å². The number of amides is 1. The lowest BCUT2D eigenvalue weighted by molar-refractivity contribution is 0.0777. The molecule has 3 rings (SSSR count). The van der Waals surface area contributed by atoms with Crippen molar-refractivity contribution in [1.82, 2.24) is 20.0 Å². The van der Waals surface area contributed by atoms with Gasteiger partial charge in [0.25, 0.3) is 5.91 Å². The van der Waals surface area contributed by atoms with Gasteiger partial charge in [-0.2, -0.15) is 4.98 Å². The summed E-state index contributed by atoms with van der Waals surface area (Å²) in [6.07, 6.45) is 2.40. The summed E-state index contributed by atoms with van der Waals surface area (Å²) in [5.74, 6) is 1.68. The van der Waals surface area contributed by atoms with Gasteiger partial charge in [0.05, 0.1) is 12.0 Å². The summed E-state index contributed by atoms with van der Waals surface area (Å²) in [7, 11) is 0. The monoisotopic (exact) mass is 316 g/mol. The van der Waals surface area contributed by atoms with Crippen molar-refractivity contribution in [3.63, 3.8) is 0 Å². The number of hydrogen-bond acceptors (Lipinski definition) is 6. The standard InChI is InChI=1S/C16H20N4O3/c1-10(2)22-13-5-4-7-17-14(13)16(21)20-8-6-12(9-20)15-18-11(3)19-23-15/h4-5,7,10,12H,6,8-9H2,1-3H3/t12-/m1/s1. The molecule has 1 aliphatic rings. The van der Waals surface area contributed by atoms with Gasteiger partial charge in [0.1, 0.15) is 0 Å². The minimum atomic E-state index is -0.125. The fraction of sp³-hybridized carbons (Fsp3) is 0.500. The molecule has 1 aliphatic heterocycles. The van der Waals surface area contributed by atoms with Gasteiger partial charge >= 0.3 is 0 Å². The van der Waals surface area contributed by atoms with Gasteiger partial charge in [-0.25, -0.2) is 4.98 Å². The highest BCUT2D eigenvalue weighted by atomic mass is 16.5. The zero-order chi connectivity index (χ0) is 16.4. The van der Waals surface area contributed by atoms with E-state index in [2.05, 4.69) is 15.1 Å². The Balaban J connectivity index is 1.74. The van der Waals surface area contributed by atoms with Gasteiger partial charge in [-0.1, -0.05) is 5.16 Å². The third-order valence-corrected chi connectivity index (χ3v) is 3.70. The van der Waals surface area contributed by atoms with Crippen LogP contribution in [0.15, 0.2) is 22.9 Å². The van der Waals surface area contributed by atoms with E-state index in [0.29, 0.717) is 36.2 Å². The normalized spacial score (nSPS) is 17.7. The summed E-state index contributed by atoms with van der Waals surface area (Å²) in [6, 6.07) is 3.54. The van der Waals surface area contributed by atoms with E-state index < -0.39 is 0 Å². The number of carbonyl (C=O) groups is 1. The summed E-state index contributed by atoms with van der Waals surface area (Å²) >= 11 is 0. The van der Waals surface area contributed by atoms with Gasteiger partial charge in [0.2, 0.25) is 5.89 Å². The fourth-order valence-electron chi connectivity index (χ4n) is 2.68. The van der Waals surface area contributed by atoms with Gasteiger partial charge < -0.3 is 14.2 Å². The van der Waals surface area contributed by atoms with Gasteiger partial charge in [-0.3, -0.25) is 4.79 Å². The van der Waals surface area contributed by atoms with Crippen LogP contribution in [-0.2, 0) is 0 Å². The molecule has 7 heteroatoms. The topological polar surface area (TPSA) is 81.4 Å². The van der Waals surface area contributed by atoms with E-state index in [1.807, 2.05) is 13.8 Å². The molecule has 0 radical (unpaired) electrons. The Morgan fingerprint density at radius 2 is 2.30 bits per heavy atom. The number of hydrogen-bond donors (Lipinski definition) is 0. The third kappa shape index (κ3) is 3.33. The van der Waals surface area contributed by atoms with Crippen molar-refractivity contribution in [2.45, 2.75) is 39.2 Å². The van der Waals surface area contributed by atoms with Crippen molar-refractivity contribution in [3.8, 4) is 5.75 Å². The second-order valence-electron chi connectivity index (χ2n) is 5.93. The molecule has 1 atom stereocenters. The van der Waals surface area contributed by atoms with Gasteiger partial charge in [-0.05, 0) is 39.3 Å². The molecule has 0 aromatic carbocycles. The number of aromatic nitrogens is 3. The van der Waals surface area contributed by atoms with Crippen LogP contribution in [0, 0.1) is 6.92 Å². The zero-order valence-electron chi connectivity index (χ0n) is 13.5. The van der Waals surface area contributed by atoms with Crippen LogP contribution in [-0.4, -0.2) is 45.1 Å². The van der Waals surface area contributed by atoms with Crippen LogP contribution in [0.25, 0.3) is 0 Å². The van der Waals surface area contributed by atoms with E-state index in [9.17, 15) is 4.79 Å². The van der Waals surface area contributed by atoms with E-state index in [4.69, 9.17) is 9.26 Å². The zero-order valence-corrected chi connectivity index (χ0v) is 13.5. The molecule has 3 heterocycles. The molecule has 2 aromatic heterocycles. The Hall–Kier alpha value is -2.44. The van der Waals surface area contributed by atoms with E-state index in [1.54, 1.807) is 30.2 Å². The van der Waals surface area contributed by atoms with Crippen molar-refractivity contribution < 1.29 is 14.1 Å². The van der Waals surface area contributed by atoms with Crippen molar-refractivity contribution in [3.05, 3.63) is 35.7 Å². The maximum absolute atomic E-state index is 12.7. The molecule has 0 unspecified atom stereocenters. The highest BCUT2D eigenvalue weighted by Crippen LogP contribution is 2.28. The second kappa shape index (κ2) is 6.36. The predicted octanol–water partition coefficient (Wildman–Crippen LogP) is 2.19. The number of nitrogens with zero attached hydrogens (tertiary/aromatic N) is 4. The molecule has 7 nitrogen and oxygen atoms in total. The maximum atomic E-state index is 12.7. The average Bonchev–Trinajstić information content (AvgIpc) is 3.15. The second-order valence-corrected chi connectivity index (χ2v) is 5.93. The number of pyridine rings is 1. The number of ether oxygens (including phenoxy) is 1. The Labute approximate surface area is 134 Å². The van der Waals surface area contributed by atoms with Crippen LogP contribution in [0.5, 0.6) is 5.75 Å². The lowest BCUT2D eigenvalue weighted by atomic mass is 10.1. The van der Waals surface area contributed by atoms with Crippen LogP contribution < -0.4 is 4.74 Å². The van der Waals surface area contributed by atoms with Gasteiger partial charge in [0.15, 0.2) is 17.3 Å². The lowest BCUT2D eigenvalue weighted by Crippen LogP contribution is -2.30. The molecular formula is C16H20N4O3. The minimum Gasteiger partial charge on any atom is -0.489 e. The number of likely N-dealkylation sites (tertiary alicyclic amines) is 1. The van der Waals surface area contributed by atoms with E-state index in [1.165, 1.54) is 0 Å². The smallest absolute Gasteiger partial charge is 0.276 e. The van der Waals surface area contributed by atoms with Crippen molar-refractivity contribution in [2.75, 3.05) is 13.1 Å². The SMILES string of the molecule is Cc1noc([C@@H]2CCN(C(=O)c3ncccc3OC(C)C)C2)n1. The summed E-state index contributed by atoms with van der Waals surface area (Å²) in [5, 5.41) is 3.81. The molecule has 0 aliphatic carbocycles. The third-order valence-electron chi connectivity index (χ3n) is 3.70. The first kappa shape index (κ1) is 15.5. The van der Waals surface area contributed by atoms with Crippen LogP contribution in [0.2, 0.25) is 0 Å². The average molecular weight is 316 g/mol. The van der Waals surface area contributed by atoms with E-state index >= 15 is 0 Å². The molecule has 0 N–H and O–H groups in total. The lowest BCUT2D eigenvalue weighted by Gasteiger charge is -2.18. The van der Waals surface area contributed by atoms with Gasteiger partial charge in [0, 0.05) is 19.3 Å². The Bertz CT molecular complexity index is 698. The van der Waals surface area contributed by atoms with Crippen molar-refractivity contribution in [1.29, 1.82) is 0 Å². The molecular weight excluding hydrogens is 296 g/mol. The Morgan fingerprint density at radius 3 is 3.00 bits per heavy atom. The highest BCUT2D eigenvalue weighted by Gasteiger charge is 2.33. The van der Waals surface area contributed by atoms with Gasteiger partial charge in [-0.15, -0.1) is 0 Å². The number of rotatable bonds is 4. The summed E-state index contributed by atoms with van der Waals surface area (Å²) < 4.78 is 10.9. The summed E-state index contributed by atoms with van der Waals surface area (Å²) in [5.41, 5.74) is 0.351. The number of aryl methyl sites for hydroxylation is 1. The van der Waals surface area contributed by atoms with Crippen molar-refractivity contribution in [2.24, 2.45) is 0 Å². The molecule has 1 fully saturated rings. The minimum absolute atomic E-state index is 0.0153. The molecule has 1 saturated heterocycles. The quantitative estimate of drug-likeness (QED) is 0.860. The fourth-order valence-corrected chi connectivity index (χ4v) is 2.68. The van der Waals surface area contributed by atoms with Crippen LogP contribution in [0.3, 0.4) is 0 Å². The predicted molar refractivity (Wildman–Crippen MR) is 82.3 cm³/mol. The summed E-state index contributed by atoms with van der Waals surface area (Å²) in [6.45, 7) is 6.82. The maximum Gasteiger partial charge on any atom is 0.276 e. The molecule has 0 bridgehead atoms. The summed E-state index contributed by atoms with van der Waals surface area (Å²) in [4.78, 5) is 23.0. The molecule has 0 saturated carbocycles. The first-order valence-corrected chi connectivity index (χ1v) is 7.75. The Morgan fingerprint density at radius 1 is 1.48 bits per heavy atom. The molecule has 1 amide bonds. The molecule has 23 heavy (non-hydrogen) atoms. The number of carbonyl (C=O) groups excluding carboxylic acids is 1. The largest absolute Gasteiger partial charge is 0.489 e. The highest BCUT2D eigenvalue weighted by molar-refractivity contribution is 5.95. The Kier molecular flexibility index (Phi) is 4.27. The van der Waals surface area contributed by atoms with Crippen molar-refractivity contribution >= 4 is 5.91 Å². The molecule has 122 valence electrons. The first-order valence-electron chi connectivity index (χ1n) is 7.75. The van der Waals surface area contributed by atoms with Crippen LogP contribution in [0.4, 0.5) is 0 Å². The van der Waals surface area contributed by atoms with Crippen LogP contribution >= 0.6 is 0 Å². The molecule has 0 spiro atoms.